The molecule has 1 aromatic carbocycles. The summed E-state index contributed by atoms with van der Waals surface area (Å²) in [7, 11) is 1.70. The number of carbonyl (C=O) groups excluding carboxylic acids is 3. The second-order valence-electron chi connectivity index (χ2n) is 9.76. The lowest BCUT2D eigenvalue weighted by atomic mass is 9.65. The Kier molecular flexibility index (Phi) is 6.25. The van der Waals surface area contributed by atoms with Gasteiger partial charge in [0.05, 0.1) is 0 Å². The summed E-state index contributed by atoms with van der Waals surface area (Å²) in [4.78, 5) is 41.1. The van der Waals surface area contributed by atoms with Crippen LogP contribution in [0.5, 0.6) is 0 Å². The van der Waals surface area contributed by atoms with Crippen molar-refractivity contribution in [2.45, 2.75) is 71.9 Å². The number of nitrogens with one attached hydrogen (secondary N) is 1. The summed E-state index contributed by atoms with van der Waals surface area (Å²) in [5.41, 5.74) is 1.59. The Balaban J connectivity index is 1.61. The van der Waals surface area contributed by atoms with Crippen LogP contribution in [0.1, 0.15) is 64.0 Å². The zero-order chi connectivity index (χ0) is 22.1. The zero-order valence-corrected chi connectivity index (χ0v) is 19.0. The van der Waals surface area contributed by atoms with E-state index in [4.69, 9.17) is 0 Å². The molecule has 0 unspecified atom stereocenters. The van der Waals surface area contributed by atoms with E-state index in [9.17, 15) is 14.4 Å². The Morgan fingerprint density at radius 3 is 2.37 bits per heavy atom. The molecular weight excluding hydrogens is 378 g/mol. The fraction of sp³-hybridized carbons (Fsp3) is 0.625. The molecule has 0 atom stereocenters. The molecular formula is C24H35N3O3. The third-order valence-electron chi connectivity index (χ3n) is 7.36. The van der Waals surface area contributed by atoms with E-state index >= 15 is 0 Å². The van der Waals surface area contributed by atoms with Crippen LogP contribution in [-0.2, 0) is 16.1 Å². The molecule has 3 rings (SSSR count). The van der Waals surface area contributed by atoms with Crippen LogP contribution in [0.15, 0.2) is 24.3 Å². The quantitative estimate of drug-likeness (QED) is 0.720. The molecule has 1 aromatic rings. The smallest absolute Gasteiger partial charge is 0.325 e. The van der Waals surface area contributed by atoms with E-state index in [-0.39, 0.29) is 23.8 Å². The minimum Gasteiger partial charge on any atom is -0.340 e. The first-order valence-corrected chi connectivity index (χ1v) is 11.0. The second kappa shape index (κ2) is 8.40. The normalized spacial score (nSPS) is 24.3. The maximum absolute atomic E-state index is 13.1. The van der Waals surface area contributed by atoms with Crippen molar-refractivity contribution in [1.82, 2.24) is 15.1 Å². The van der Waals surface area contributed by atoms with Crippen LogP contribution in [0, 0.1) is 18.3 Å². The average molecular weight is 414 g/mol. The highest BCUT2D eigenvalue weighted by Gasteiger charge is 2.53. The average Bonchev–Trinajstić information content (AvgIpc) is 2.94. The Bertz CT molecular complexity index is 807. The van der Waals surface area contributed by atoms with Crippen molar-refractivity contribution in [3.63, 3.8) is 0 Å². The lowest BCUT2D eigenvalue weighted by Crippen LogP contribution is -2.51. The molecule has 4 amide bonds. The summed E-state index contributed by atoms with van der Waals surface area (Å²) in [5, 5.41) is 2.93. The molecule has 1 saturated carbocycles. The third-order valence-corrected chi connectivity index (χ3v) is 7.36. The summed E-state index contributed by atoms with van der Waals surface area (Å²) in [5.74, 6) is 0.0726. The van der Waals surface area contributed by atoms with E-state index in [0.717, 1.165) is 35.3 Å². The minimum absolute atomic E-state index is 0.210. The molecule has 0 radical (unpaired) electrons. The van der Waals surface area contributed by atoms with Crippen molar-refractivity contribution in [1.29, 1.82) is 0 Å². The van der Waals surface area contributed by atoms with Crippen LogP contribution in [0.2, 0.25) is 0 Å². The highest BCUT2D eigenvalue weighted by atomic mass is 16.2. The molecule has 1 aliphatic heterocycles. The summed E-state index contributed by atoms with van der Waals surface area (Å²) < 4.78 is 0. The van der Waals surface area contributed by atoms with E-state index in [1.165, 1.54) is 0 Å². The van der Waals surface area contributed by atoms with E-state index in [1.807, 2.05) is 31.2 Å². The first-order valence-electron chi connectivity index (χ1n) is 11.0. The molecule has 2 fully saturated rings. The predicted octanol–water partition coefficient (Wildman–Crippen LogP) is 3.87. The fourth-order valence-electron chi connectivity index (χ4n) is 4.65. The summed E-state index contributed by atoms with van der Waals surface area (Å²) >= 11 is 0. The van der Waals surface area contributed by atoms with Crippen LogP contribution in [0.4, 0.5) is 4.79 Å². The van der Waals surface area contributed by atoms with Gasteiger partial charge in [0, 0.05) is 13.6 Å². The molecule has 0 aromatic heterocycles. The zero-order valence-electron chi connectivity index (χ0n) is 19.0. The highest BCUT2D eigenvalue weighted by Crippen LogP contribution is 2.45. The standard InChI is InChI=1S/C24H35N3O3/c1-6-23(3,4)19-11-13-24(14-12-19)21(29)27(22(30)25-24)16-20(28)26(5)15-18-9-7-17(2)8-10-18/h7-10,19H,6,11-16H2,1-5H3,(H,25,30). The molecule has 0 bridgehead atoms. The number of likely N-dealkylation sites (N-methyl/N-ethyl adjacent to an activating group) is 1. The number of benzene rings is 1. The number of nitrogens with zero attached hydrogens (tertiary/aromatic N) is 2. The summed E-state index contributed by atoms with van der Waals surface area (Å²) in [6.07, 6.45) is 4.23. The van der Waals surface area contributed by atoms with Gasteiger partial charge < -0.3 is 10.2 Å². The largest absolute Gasteiger partial charge is 0.340 e. The number of aryl methyl sites for hydroxylation is 1. The molecule has 1 spiro atoms. The number of rotatable bonds is 6. The van der Waals surface area contributed by atoms with Gasteiger partial charge in [-0.15, -0.1) is 0 Å². The van der Waals surface area contributed by atoms with Crippen molar-refractivity contribution in [2.75, 3.05) is 13.6 Å². The monoisotopic (exact) mass is 413 g/mol. The molecule has 6 heteroatoms. The Hall–Kier alpha value is -2.37. The number of hydrogen-bond donors (Lipinski definition) is 1. The molecule has 1 N–H and O–H groups in total. The van der Waals surface area contributed by atoms with E-state index in [2.05, 4.69) is 26.1 Å². The van der Waals surface area contributed by atoms with Gasteiger partial charge in [-0.05, 0) is 49.5 Å². The molecule has 1 aliphatic carbocycles. The van der Waals surface area contributed by atoms with Gasteiger partial charge in [-0.1, -0.05) is 57.0 Å². The van der Waals surface area contributed by atoms with Crippen LogP contribution in [0.3, 0.4) is 0 Å². The maximum atomic E-state index is 13.1. The number of carbonyl (C=O) groups is 3. The summed E-state index contributed by atoms with van der Waals surface area (Å²) in [6.45, 7) is 9.01. The van der Waals surface area contributed by atoms with Crippen LogP contribution >= 0.6 is 0 Å². The first kappa shape index (κ1) is 22.3. The van der Waals surface area contributed by atoms with Crippen molar-refractivity contribution in [3.05, 3.63) is 35.4 Å². The van der Waals surface area contributed by atoms with Gasteiger partial charge in [0.2, 0.25) is 5.91 Å². The maximum Gasteiger partial charge on any atom is 0.325 e. The SMILES string of the molecule is CCC(C)(C)C1CCC2(CC1)NC(=O)N(CC(=O)N(C)Cc1ccc(C)cc1)C2=O. The van der Waals surface area contributed by atoms with Gasteiger partial charge in [-0.3, -0.25) is 14.5 Å². The number of imide groups is 1. The Labute approximate surface area is 180 Å². The van der Waals surface area contributed by atoms with Crippen molar-refractivity contribution >= 4 is 17.8 Å². The topological polar surface area (TPSA) is 69.7 Å². The van der Waals surface area contributed by atoms with Gasteiger partial charge >= 0.3 is 6.03 Å². The van der Waals surface area contributed by atoms with Crippen molar-refractivity contribution in [2.24, 2.45) is 11.3 Å². The van der Waals surface area contributed by atoms with Gasteiger partial charge in [-0.2, -0.15) is 0 Å². The number of hydrogen-bond acceptors (Lipinski definition) is 3. The molecule has 1 saturated heterocycles. The molecule has 1 heterocycles. The predicted molar refractivity (Wildman–Crippen MR) is 117 cm³/mol. The lowest BCUT2D eigenvalue weighted by molar-refractivity contribution is -0.139. The molecule has 164 valence electrons. The van der Waals surface area contributed by atoms with Gasteiger partial charge in [0.25, 0.3) is 5.91 Å². The summed E-state index contributed by atoms with van der Waals surface area (Å²) in [6, 6.07) is 7.54. The first-order chi connectivity index (χ1) is 14.1. The highest BCUT2D eigenvalue weighted by molar-refractivity contribution is 6.09. The fourth-order valence-corrected chi connectivity index (χ4v) is 4.65. The molecule has 2 aliphatic rings. The minimum atomic E-state index is -0.826. The van der Waals surface area contributed by atoms with Crippen LogP contribution in [0.25, 0.3) is 0 Å². The molecule has 6 nitrogen and oxygen atoms in total. The lowest BCUT2D eigenvalue weighted by Gasteiger charge is -2.42. The Morgan fingerprint density at radius 1 is 1.20 bits per heavy atom. The van der Waals surface area contributed by atoms with Gasteiger partial charge in [0.15, 0.2) is 0 Å². The van der Waals surface area contributed by atoms with E-state index < -0.39 is 11.6 Å². The molecule has 30 heavy (non-hydrogen) atoms. The van der Waals surface area contributed by atoms with Crippen molar-refractivity contribution < 1.29 is 14.4 Å². The van der Waals surface area contributed by atoms with Gasteiger partial charge in [-0.25, -0.2) is 4.79 Å². The van der Waals surface area contributed by atoms with Gasteiger partial charge in [0.1, 0.15) is 12.1 Å². The number of amides is 4. The van der Waals surface area contributed by atoms with Crippen LogP contribution < -0.4 is 5.32 Å². The third kappa shape index (κ3) is 4.37. The van der Waals surface area contributed by atoms with Crippen LogP contribution in [-0.4, -0.2) is 46.8 Å². The van der Waals surface area contributed by atoms with E-state index in [0.29, 0.717) is 25.3 Å². The number of urea groups is 1. The van der Waals surface area contributed by atoms with Crippen molar-refractivity contribution in [3.8, 4) is 0 Å². The van der Waals surface area contributed by atoms with E-state index in [1.54, 1.807) is 11.9 Å². The Morgan fingerprint density at radius 2 is 1.80 bits per heavy atom. The second-order valence-corrected chi connectivity index (χ2v) is 9.76.